The molecule has 2 N–H and O–H groups in total. The van der Waals surface area contributed by atoms with Crippen LogP contribution in [0.3, 0.4) is 0 Å². The summed E-state index contributed by atoms with van der Waals surface area (Å²) in [5, 5.41) is 5.60. The van der Waals surface area contributed by atoms with E-state index in [1.165, 1.54) is 21.7 Å². The van der Waals surface area contributed by atoms with Crippen molar-refractivity contribution < 1.29 is 33.5 Å². The number of likely N-dealkylation sites (N-methyl/N-ethyl adjacent to an activating group) is 2. The van der Waals surface area contributed by atoms with Crippen molar-refractivity contribution >= 4 is 35.5 Å². The maximum absolute atomic E-state index is 14.0. The number of carbonyl (C=O) groups excluding carboxylic acids is 6. The molecule has 5 amide bonds. The van der Waals surface area contributed by atoms with E-state index in [1.54, 1.807) is 14.0 Å². The first kappa shape index (κ1) is 36.0. The number of esters is 1. The largest absolute Gasteiger partial charge is 0.452 e. The van der Waals surface area contributed by atoms with Crippen LogP contribution in [0.4, 0.5) is 0 Å². The normalized spacial score (nSPS) is 28.5. The Kier molecular flexibility index (Phi) is 13.4. The van der Waals surface area contributed by atoms with Gasteiger partial charge in [-0.2, -0.15) is 0 Å². The summed E-state index contributed by atoms with van der Waals surface area (Å²) in [6.45, 7) is 13.1. The first-order valence-electron chi connectivity index (χ1n) is 15.7. The fraction of sp³-hybridized carbons (Fsp3) is 0.806. The smallest absolute Gasteiger partial charge is 0.308 e. The third-order valence-electron chi connectivity index (χ3n) is 8.69. The van der Waals surface area contributed by atoms with Gasteiger partial charge >= 0.3 is 5.97 Å². The zero-order chi connectivity index (χ0) is 32.6. The van der Waals surface area contributed by atoms with Crippen LogP contribution in [0.2, 0.25) is 0 Å². The first-order chi connectivity index (χ1) is 20.1. The molecule has 0 radical (unpaired) electrons. The minimum Gasteiger partial charge on any atom is -0.452 e. The number of hydrogen-bond acceptors (Lipinski definition) is 7. The summed E-state index contributed by atoms with van der Waals surface area (Å²) in [6.07, 6.45) is 1.47. The summed E-state index contributed by atoms with van der Waals surface area (Å²) in [6, 6.07) is -3.53. The lowest BCUT2D eigenvalue weighted by Crippen LogP contribution is -2.61. The fourth-order valence-corrected chi connectivity index (χ4v) is 5.70. The highest BCUT2D eigenvalue weighted by molar-refractivity contribution is 5.96. The zero-order valence-electron chi connectivity index (χ0n) is 27.5. The Morgan fingerprint density at radius 2 is 1.53 bits per heavy atom. The number of nitrogens with zero attached hydrogens (tertiary/aromatic N) is 3. The van der Waals surface area contributed by atoms with Gasteiger partial charge in [0.15, 0.2) is 6.10 Å². The van der Waals surface area contributed by atoms with Gasteiger partial charge in [0, 0.05) is 27.2 Å². The molecule has 43 heavy (non-hydrogen) atoms. The van der Waals surface area contributed by atoms with Crippen molar-refractivity contribution in [1.82, 2.24) is 25.3 Å². The predicted octanol–water partition coefficient (Wildman–Crippen LogP) is 1.71. The molecule has 2 aliphatic rings. The first-order valence-corrected chi connectivity index (χ1v) is 15.7. The molecule has 6 atom stereocenters. The second-order valence-corrected chi connectivity index (χ2v) is 12.8. The van der Waals surface area contributed by atoms with Crippen molar-refractivity contribution in [3.05, 3.63) is 0 Å². The van der Waals surface area contributed by atoms with Gasteiger partial charge in [-0.3, -0.25) is 28.8 Å². The molecule has 12 heteroatoms. The summed E-state index contributed by atoms with van der Waals surface area (Å²) in [5.41, 5.74) is 0. The molecule has 2 rings (SSSR count). The number of carbonyl (C=O) groups is 6. The predicted molar refractivity (Wildman–Crippen MR) is 161 cm³/mol. The van der Waals surface area contributed by atoms with Gasteiger partial charge in [0.05, 0.1) is 6.42 Å². The van der Waals surface area contributed by atoms with Gasteiger partial charge in [0.25, 0.3) is 5.91 Å². The number of hydrogen-bond donors (Lipinski definition) is 2. The second kappa shape index (κ2) is 16.0. The van der Waals surface area contributed by atoms with Crippen LogP contribution >= 0.6 is 0 Å². The number of fused-ring (bicyclic) bond motifs is 1. The molecule has 2 heterocycles. The van der Waals surface area contributed by atoms with Crippen LogP contribution in [0.1, 0.15) is 87.0 Å². The van der Waals surface area contributed by atoms with Crippen LogP contribution in [0.5, 0.6) is 0 Å². The summed E-state index contributed by atoms with van der Waals surface area (Å²) in [4.78, 5) is 85.2. The molecular formula is C31H53N5O7. The number of cyclic esters (lactones) is 1. The van der Waals surface area contributed by atoms with Crippen LogP contribution in [0.25, 0.3) is 0 Å². The average molecular weight is 608 g/mol. The molecule has 2 fully saturated rings. The van der Waals surface area contributed by atoms with Crippen LogP contribution in [0, 0.1) is 17.8 Å². The maximum atomic E-state index is 14.0. The standard InChI is InChI=1S/C31H53N5O7/c1-10-20(6)25-30(41)35(9)26(19(4)5)31(42)34(8)21(7)27(38)32-15-14-24(37)43-23(17-18(2)3)29(40)36-16-12-11-13-22(36)28(39)33-25/h18-23,25-26H,10-17H2,1-9H3,(H,32,38)(H,33,39)/t20?,21-,22-,23+,25-,26?/m0/s1. The molecule has 2 unspecified atom stereocenters. The number of ether oxygens (including phenoxy) is 1. The Balaban J connectivity index is 2.57. The molecule has 244 valence electrons. The molecule has 12 nitrogen and oxygen atoms in total. The van der Waals surface area contributed by atoms with E-state index in [-0.39, 0.29) is 37.1 Å². The van der Waals surface area contributed by atoms with Gasteiger partial charge in [0.1, 0.15) is 24.2 Å². The second-order valence-electron chi connectivity index (χ2n) is 12.8. The highest BCUT2D eigenvalue weighted by Crippen LogP contribution is 2.24. The molecule has 0 aromatic rings. The molecule has 0 aromatic heterocycles. The highest BCUT2D eigenvalue weighted by Gasteiger charge is 2.42. The molecule has 0 spiro atoms. The van der Waals surface area contributed by atoms with E-state index in [4.69, 9.17) is 4.74 Å². The molecule has 0 bridgehead atoms. The topological polar surface area (TPSA) is 145 Å². The Labute approximate surface area is 256 Å². The van der Waals surface area contributed by atoms with E-state index in [1.807, 2.05) is 41.5 Å². The molecule has 0 aliphatic carbocycles. The number of rotatable bonds is 5. The van der Waals surface area contributed by atoms with E-state index in [0.717, 1.165) is 6.42 Å². The van der Waals surface area contributed by atoms with Gasteiger partial charge in [-0.25, -0.2) is 0 Å². The monoisotopic (exact) mass is 607 g/mol. The van der Waals surface area contributed by atoms with Crippen molar-refractivity contribution in [3.63, 3.8) is 0 Å². The van der Waals surface area contributed by atoms with Crippen LogP contribution in [0.15, 0.2) is 0 Å². The van der Waals surface area contributed by atoms with Crippen LogP contribution in [-0.2, 0) is 33.5 Å². The van der Waals surface area contributed by atoms with Gasteiger partial charge in [-0.05, 0) is 50.4 Å². The number of piperidine rings is 1. The third-order valence-corrected chi connectivity index (χ3v) is 8.69. The molecule has 2 aliphatic heterocycles. The summed E-state index contributed by atoms with van der Waals surface area (Å²) in [7, 11) is 3.05. The summed E-state index contributed by atoms with van der Waals surface area (Å²) >= 11 is 0. The molecular weight excluding hydrogens is 554 g/mol. The van der Waals surface area contributed by atoms with E-state index in [9.17, 15) is 28.8 Å². The lowest BCUT2D eigenvalue weighted by Gasteiger charge is -2.39. The fourth-order valence-electron chi connectivity index (χ4n) is 5.70. The minimum absolute atomic E-state index is 0.0332. The van der Waals surface area contributed by atoms with E-state index >= 15 is 0 Å². The van der Waals surface area contributed by atoms with Crippen molar-refractivity contribution in [2.24, 2.45) is 17.8 Å². The Hall–Kier alpha value is -3.18. The Bertz CT molecular complexity index is 1030. The maximum Gasteiger partial charge on any atom is 0.308 e. The SMILES string of the molecule is CCC(C)[C@@H]1NC(=O)[C@@H]2CCCCN2C(=O)[C@@H](CC(C)C)OC(=O)CCNC(=O)[C@H](C)N(C)C(=O)C(C(C)C)N(C)C1=O. The lowest BCUT2D eigenvalue weighted by atomic mass is 9.93. The quantitative estimate of drug-likeness (QED) is 0.453. The lowest BCUT2D eigenvalue weighted by molar-refractivity contribution is -0.164. The van der Waals surface area contributed by atoms with E-state index in [2.05, 4.69) is 10.6 Å². The van der Waals surface area contributed by atoms with Gasteiger partial charge in [-0.1, -0.05) is 48.0 Å². The van der Waals surface area contributed by atoms with Crippen molar-refractivity contribution in [3.8, 4) is 0 Å². The van der Waals surface area contributed by atoms with Gasteiger partial charge < -0.3 is 30.1 Å². The van der Waals surface area contributed by atoms with Gasteiger partial charge in [0.2, 0.25) is 23.6 Å². The van der Waals surface area contributed by atoms with Crippen molar-refractivity contribution in [2.45, 2.75) is 117 Å². The highest BCUT2D eigenvalue weighted by atomic mass is 16.5. The molecule has 0 saturated carbocycles. The third kappa shape index (κ3) is 9.15. The van der Waals surface area contributed by atoms with Crippen LogP contribution < -0.4 is 10.6 Å². The van der Waals surface area contributed by atoms with Crippen molar-refractivity contribution in [2.75, 3.05) is 27.2 Å². The van der Waals surface area contributed by atoms with E-state index < -0.39 is 65.8 Å². The van der Waals surface area contributed by atoms with Gasteiger partial charge in [-0.15, -0.1) is 0 Å². The number of amides is 5. The summed E-state index contributed by atoms with van der Waals surface area (Å²) in [5.74, 6) is -3.34. The minimum atomic E-state index is -1.08. The van der Waals surface area contributed by atoms with E-state index in [0.29, 0.717) is 25.8 Å². The van der Waals surface area contributed by atoms with Crippen molar-refractivity contribution in [1.29, 1.82) is 0 Å². The Morgan fingerprint density at radius 1 is 0.884 bits per heavy atom. The van der Waals surface area contributed by atoms with Crippen LogP contribution in [-0.4, -0.2) is 108 Å². The number of nitrogens with one attached hydrogen (secondary N) is 2. The summed E-state index contributed by atoms with van der Waals surface area (Å²) < 4.78 is 5.63. The molecule has 2 saturated heterocycles. The molecule has 0 aromatic carbocycles. The average Bonchev–Trinajstić information content (AvgIpc) is 2.96. The zero-order valence-corrected chi connectivity index (χ0v) is 27.5. The Morgan fingerprint density at radius 3 is 2.12 bits per heavy atom.